The standard InChI is InChI=1S/C48H46O10/c49-42(50)34-11-9-32(19-36(34)44(53)54)57-40-7-3-1-5-38(40)48(39-6-2-4-8-41(39)58-33-10-12-35(43(51)52)37(20-33)45(55)56)31-17-29-16-30(18-31)25-47(48,24-29)46-21-26-13-27(22-46)15-28(14-26)23-46/h1-12,19-20,26-31H,13-18,21-25H2,(H,49,50)(H,51,52)(H,53,54)(H,55,56). The van der Waals surface area contributed by atoms with E-state index in [0.29, 0.717) is 41.1 Å². The lowest BCUT2D eigenvalue weighted by Gasteiger charge is -2.77. The van der Waals surface area contributed by atoms with Gasteiger partial charge in [0.1, 0.15) is 23.0 Å². The van der Waals surface area contributed by atoms with Gasteiger partial charge in [-0.2, -0.15) is 0 Å². The van der Waals surface area contributed by atoms with Crippen LogP contribution in [0.2, 0.25) is 0 Å². The van der Waals surface area contributed by atoms with Crippen LogP contribution in [0.1, 0.15) is 123 Å². The molecule has 0 heterocycles. The first-order valence-electron chi connectivity index (χ1n) is 20.7. The van der Waals surface area contributed by atoms with Crippen LogP contribution in [0, 0.1) is 46.3 Å². The van der Waals surface area contributed by atoms with Crippen LogP contribution in [0.15, 0.2) is 84.9 Å². The summed E-state index contributed by atoms with van der Waals surface area (Å²) in [4.78, 5) is 48.6. The van der Waals surface area contributed by atoms with E-state index in [1.54, 1.807) is 0 Å². The van der Waals surface area contributed by atoms with Gasteiger partial charge in [-0.15, -0.1) is 0 Å². The van der Waals surface area contributed by atoms with Crippen LogP contribution in [0.5, 0.6) is 23.0 Å². The van der Waals surface area contributed by atoms with E-state index in [1.165, 1.54) is 81.3 Å². The Morgan fingerprint density at radius 3 is 1.24 bits per heavy atom. The Kier molecular flexibility index (Phi) is 8.34. The molecule has 10 heteroatoms. The van der Waals surface area contributed by atoms with E-state index < -0.39 is 29.3 Å². The normalized spacial score (nSPS) is 30.8. The first-order valence-corrected chi connectivity index (χ1v) is 20.7. The number of ether oxygens (including phenoxy) is 2. The summed E-state index contributed by atoms with van der Waals surface area (Å²) in [5, 5.41) is 39.6. The van der Waals surface area contributed by atoms with Gasteiger partial charge in [-0.3, -0.25) is 0 Å². The number of rotatable bonds is 11. The minimum atomic E-state index is -1.36. The average molecular weight is 783 g/mol. The highest BCUT2D eigenvalue weighted by Gasteiger charge is 2.75. The molecule has 12 rings (SSSR count). The van der Waals surface area contributed by atoms with Crippen molar-refractivity contribution in [2.75, 3.05) is 0 Å². The van der Waals surface area contributed by atoms with Crippen LogP contribution in [-0.2, 0) is 5.41 Å². The highest BCUT2D eigenvalue weighted by molar-refractivity contribution is 6.02. The van der Waals surface area contributed by atoms with E-state index >= 15 is 0 Å². The lowest BCUT2D eigenvalue weighted by molar-refractivity contribution is -0.234. The van der Waals surface area contributed by atoms with Crippen LogP contribution in [0.4, 0.5) is 0 Å². The van der Waals surface area contributed by atoms with E-state index in [1.807, 2.05) is 36.4 Å². The molecule has 0 spiro atoms. The number of hydrogen-bond acceptors (Lipinski definition) is 6. The van der Waals surface area contributed by atoms with Crippen LogP contribution < -0.4 is 9.47 Å². The van der Waals surface area contributed by atoms with Gasteiger partial charge in [0, 0.05) is 16.5 Å². The third-order valence-electron chi connectivity index (χ3n) is 15.6. The van der Waals surface area contributed by atoms with Crippen LogP contribution in [0.3, 0.4) is 0 Å². The summed E-state index contributed by atoms with van der Waals surface area (Å²) in [6.45, 7) is 0. The molecule has 8 bridgehead atoms. The zero-order valence-electron chi connectivity index (χ0n) is 32.1. The number of carboxylic acid groups (broad SMARTS) is 4. The fourth-order valence-corrected chi connectivity index (χ4v) is 14.6. The van der Waals surface area contributed by atoms with Gasteiger partial charge in [0.05, 0.1) is 22.3 Å². The topological polar surface area (TPSA) is 168 Å². The molecule has 0 aromatic heterocycles. The summed E-state index contributed by atoms with van der Waals surface area (Å²) in [6, 6.07) is 24.3. The highest BCUT2D eigenvalue weighted by Crippen LogP contribution is 2.82. The van der Waals surface area contributed by atoms with Crippen molar-refractivity contribution in [1.82, 2.24) is 0 Å². The predicted molar refractivity (Wildman–Crippen MR) is 211 cm³/mol. The molecule has 298 valence electrons. The summed E-state index contributed by atoms with van der Waals surface area (Å²) < 4.78 is 13.6. The van der Waals surface area contributed by atoms with Gasteiger partial charge in [-0.05, 0) is 165 Å². The number of aromatic carboxylic acids is 4. The van der Waals surface area contributed by atoms with Gasteiger partial charge < -0.3 is 29.9 Å². The maximum Gasteiger partial charge on any atom is 0.336 e. The fourth-order valence-electron chi connectivity index (χ4n) is 14.6. The zero-order chi connectivity index (χ0) is 40.1. The lowest BCUT2D eigenvalue weighted by Crippen LogP contribution is -2.71. The highest BCUT2D eigenvalue weighted by atomic mass is 16.5. The van der Waals surface area contributed by atoms with Gasteiger partial charge in [0.15, 0.2) is 0 Å². The molecule has 8 aliphatic rings. The van der Waals surface area contributed by atoms with Gasteiger partial charge in [0.2, 0.25) is 0 Å². The largest absolute Gasteiger partial charge is 0.478 e. The number of hydrogen-bond donors (Lipinski definition) is 4. The second kappa shape index (κ2) is 13.2. The van der Waals surface area contributed by atoms with E-state index in [9.17, 15) is 39.6 Å². The summed E-state index contributed by atoms with van der Waals surface area (Å²) >= 11 is 0. The number of carbonyl (C=O) groups is 4. The molecular weight excluding hydrogens is 737 g/mol. The molecular formula is C48H46O10. The molecule has 4 aromatic rings. The predicted octanol–water partition coefficient (Wildman–Crippen LogP) is 10.4. The third kappa shape index (κ3) is 5.36. The van der Waals surface area contributed by atoms with Crippen molar-refractivity contribution < 1.29 is 49.1 Å². The molecule has 2 unspecified atom stereocenters. The van der Waals surface area contributed by atoms with Crippen LogP contribution in [-0.4, -0.2) is 44.3 Å². The molecule has 8 fully saturated rings. The first-order chi connectivity index (χ1) is 27.9. The quantitative estimate of drug-likeness (QED) is 0.115. The van der Waals surface area contributed by atoms with Crippen molar-refractivity contribution in [3.8, 4) is 23.0 Å². The van der Waals surface area contributed by atoms with Crippen LogP contribution >= 0.6 is 0 Å². The van der Waals surface area contributed by atoms with Gasteiger partial charge in [-0.25, -0.2) is 19.2 Å². The minimum Gasteiger partial charge on any atom is -0.478 e. The van der Waals surface area contributed by atoms with Gasteiger partial charge >= 0.3 is 23.9 Å². The maximum atomic E-state index is 12.3. The smallest absolute Gasteiger partial charge is 0.336 e. The molecule has 0 saturated heterocycles. The summed E-state index contributed by atoms with van der Waals surface area (Å²) in [5.74, 6) is -0.328. The fraction of sp³-hybridized carbons (Fsp3) is 0.417. The van der Waals surface area contributed by atoms with E-state index in [-0.39, 0.29) is 50.5 Å². The third-order valence-corrected chi connectivity index (χ3v) is 15.6. The van der Waals surface area contributed by atoms with E-state index in [4.69, 9.17) is 9.47 Å². The Balaban J connectivity index is 1.21. The van der Waals surface area contributed by atoms with Gasteiger partial charge in [-0.1, -0.05) is 36.4 Å². The molecule has 4 aromatic carbocycles. The molecule has 4 N–H and O–H groups in total. The Labute approximate surface area is 335 Å². The van der Waals surface area contributed by atoms with Crippen molar-refractivity contribution in [3.63, 3.8) is 0 Å². The Morgan fingerprint density at radius 2 is 0.845 bits per heavy atom. The Morgan fingerprint density at radius 1 is 0.466 bits per heavy atom. The van der Waals surface area contributed by atoms with Crippen molar-refractivity contribution >= 4 is 23.9 Å². The molecule has 0 radical (unpaired) electrons. The Bertz CT molecular complexity index is 2220. The van der Waals surface area contributed by atoms with Crippen molar-refractivity contribution in [2.45, 2.75) is 76.0 Å². The summed E-state index contributed by atoms with van der Waals surface area (Å²) in [7, 11) is 0. The molecule has 0 aliphatic heterocycles. The van der Waals surface area contributed by atoms with Gasteiger partial charge in [0.25, 0.3) is 0 Å². The molecule has 8 aliphatic carbocycles. The molecule has 8 saturated carbocycles. The zero-order valence-corrected chi connectivity index (χ0v) is 32.1. The number of carboxylic acids is 4. The van der Waals surface area contributed by atoms with E-state index in [0.717, 1.165) is 36.8 Å². The minimum absolute atomic E-state index is 0.0667. The lowest BCUT2D eigenvalue weighted by atomic mass is 9.27. The van der Waals surface area contributed by atoms with Crippen LogP contribution in [0.25, 0.3) is 0 Å². The first kappa shape index (κ1) is 36.7. The SMILES string of the molecule is O=C(O)c1ccc(Oc2ccccc2C2(c3ccccc3Oc3ccc(C(=O)O)c(C(=O)O)c3)C3CC4CC(C3)CC2(C23CC5CC(CC(C5)C2)C3)C4)cc1C(=O)O. The van der Waals surface area contributed by atoms with Crippen molar-refractivity contribution in [3.05, 3.63) is 118 Å². The summed E-state index contributed by atoms with van der Waals surface area (Å²) in [6.07, 6.45) is 12.9. The second-order valence-electron chi connectivity index (χ2n) is 18.5. The Hall–Kier alpha value is -5.64. The molecule has 0 amide bonds. The monoisotopic (exact) mass is 782 g/mol. The maximum absolute atomic E-state index is 12.3. The second-order valence-corrected chi connectivity index (χ2v) is 18.5. The van der Waals surface area contributed by atoms with Crippen molar-refractivity contribution in [1.29, 1.82) is 0 Å². The molecule has 10 nitrogen and oxygen atoms in total. The van der Waals surface area contributed by atoms with E-state index in [2.05, 4.69) is 12.1 Å². The summed E-state index contributed by atoms with van der Waals surface area (Å²) in [5.41, 5.74) is -0.128. The van der Waals surface area contributed by atoms with Crippen molar-refractivity contribution in [2.24, 2.45) is 46.3 Å². The molecule has 2 atom stereocenters. The average Bonchev–Trinajstić information content (AvgIpc) is 3.18. The molecule has 58 heavy (non-hydrogen) atoms. The number of para-hydroxylation sites is 2. The number of benzene rings is 4.